The number of aryl methyl sites for hydroxylation is 2. The van der Waals surface area contributed by atoms with Crippen molar-refractivity contribution in [3.8, 4) is 17.1 Å². The van der Waals surface area contributed by atoms with Gasteiger partial charge in [0.25, 0.3) is 10.0 Å². The highest BCUT2D eigenvalue weighted by atomic mass is 32.2. The first-order valence-corrected chi connectivity index (χ1v) is 18.4. The summed E-state index contributed by atoms with van der Waals surface area (Å²) in [7, 11) is -2.17. The lowest BCUT2D eigenvalue weighted by molar-refractivity contribution is 0.0696. The van der Waals surface area contributed by atoms with Gasteiger partial charge >= 0.3 is 5.97 Å². The Labute approximate surface area is 294 Å². The maximum absolute atomic E-state index is 13.4. The summed E-state index contributed by atoms with van der Waals surface area (Å²) in [5, 5.41) is 13.0. The second kappa shape index (κ2) is 15.5. The Bertz CT molecular complexity index is 1910. The molecule has 0 radical (unpaired) electrons. The van der Waals surface area contributed by atoms with E-state index in [2.05, 4.69) is 57.7 Å². The minimum absolute atomic E-state index is 0.0133. The quantitative estimate of drug-likeness (QED) is 0.119. The van der Waals surface area contributed by atoms with E-state index in [1.807, 2.05) is 32.0 Å². The minimum atomic E-state index is -4.24. The molecule has 12 nitrogen and oxygen atoms in total. The highest BCUT2D eigenvalue weighted by Gasteiger charge is 2.26. The minimum Gasteiger partial charge on any atom is -0.478 e. The van der Waals surface area contributed by atoms with Gasteiger partial charge in [0.1, 0.15) is 12.4 Å². The van der Waals surface area contributed by atoms with Crippen LogP contribution >= 0.6 is 0 Å². The molecule has 2 aromatic carbocycles. The molecule has 1 unspecified atom stereocenters. The van der Waals surface area contributed by atoms with E-state index in [1.54, 1.807) is 18.5 Å². The standard InChI is InChI=1S/C37H47N7O5S/c1-7-37(4,5)19-27(39-21-28-20-38-22-32(40-28)44(6)29-14-10-15-29)23-49-33-18-31(34-24(2)11-8-12-25(34)3)41-36(42-33)43-50(47,48)30-16-9-13-26(17-30)35(45)46/h8-9,11-13,16-18,20,22,27,29,39H,7,10,14-15,19,21,23H2,1-6H3,(H,45,46)(H,41,42,43). The van der Waals surface area contributed by atoms with Crippen molar-refractivity contribution >= 4 is 27.8 Å². The van der Waals surface area contributed by atoms with Crippen LogP contribution in [0.3, 0.4) is 0 Å². The number of nitrogens with zero attached hydrogens (tertiary/aromatic N) is 5. The lowest BCUT2D eigenvalue weighted by Crippen LogP contribution is -2.39. The first kappa shape index (κ1) is 36.7. The SMILES string of the molecule is CCC(C)(C)CC(COc1cc(-c2c(C)cccc2C)nc(NS(=O)(=O)c2cccc(C(=O)O)c2)n1)NCc1cncc(N(C)C2CCC2)n1. The summed E-state index contributed by atoms with van der Waals surface area (Å²) in [6.45, 7) is 11.2. The molecule has 1 aliphatic rings. The molecule has 0 bridgehead atoms. The third kappa shape index (κ3) is 9.13. The van der Waals surface area contributed by atoms with Crippen LogP contribution in [-0.2, 0) is 16.6 Å². The van der Waals surface area contributed by atoms with Gasteiger partial charge in [0.15, 0.2) is 0 Å². The van der Waals surface area contributed by atoms with E-state index >= 15 is 0 Å². The van der Waals surface area contributed by atoms with Crippen molar-refractivity contribution in [3.63, 3.8) is 0 Å². The topological polar surface area (TPSA) is 160 Å². The van der Waals surface area contributed by atoms with Gasteiger partial charge in [-0.15, -0.1) is 0 Å². The van der Waals surface area contributed by atoms with E-state index < -0.39 is 16.0 Å². The number of hydrogen-bond donors (Lipinski definition) is 3. The molecule has 1 atom stereocenters. The predicted molar refractivity (Wildman–Crippen MR) is 194 cm³/mol. The van der Waals surface area contributed by atoms with Crippen molar-refractivity contribution in [2.75, 3.05) is 23.3 Å². The van der Waals surface area contributed by atoms with Crippen LogP contribution in [0, 0.1) is 19.3 Å². The van der Waals surface area contributed by atoms with Crippen molar-refractivity contribution in [2.45, 2.75) is 90.2 Å². The normalized spacial score (nSPS) is 14.1. The molecule has 13 heteroatoms. The van der Waals surface area contributed by atoms with E-state index in [-0.39, 0.29) is 40.4 Å². The molecule has 0 aliphatic heterocycles. The molecule has 0 saturated heterocycles. The van der Waals surface area contributed by atoms with E-state index in [0.29, 0.717) is 18.3 Å². The fourth-order valence-electron chi connectivity index (χ4n) is 5.91. The van der Waals surface area contributed by atoms with Gasteiger partial charge in [-0.05, 0) is 74.3 Å². The Morgan fingerprint density at radius 1 is 1.06 bits per heavy atom. The van der Waals surface area contributed by atoms with Crippen LogP contribution in [0.15, 0.2) is 65.8 Å². The first-order chi connectivity index (χ1) is 23.7. The van der Waals surface area contributed by atoms with Gasteiger partial charge in [-0.25, -0.2) is 27.9 Å². The molecule has 3 N–H and O–H groups in total. The first-order valence-electron chi connectivity index (χ1n) is 17.0. The third-order valence-corrected chi connectivity index (χ3v) is 10.8. The fraction of sp³-hybridized carbons (Fsp3) is 0.432. The van der Waals surface area contributed by atoms with Crippen LogP contribution in [0.4, 0.5) is 11.8 Å². The second-order valence-electron chi connectivity index (χ2n) is 13.8. The smallest absolute Gasteiger partial charge is 0.335 e. The molecular formula is C37H47N7O5S. The Hall–Kier alpha value is -4.62. The summed E-state index contributed by atoms with van der Waals surface area (Å²) >= 11 is 0. The number of anilines is 2. The van der Waals surface area contributed by atoms with Gasteiger partial charge in [0.2, 0.25) is 11.8 Å². The van der Waals surface area contributed by atoms with Gasteiger partial charge in [-0.3, -0.25) is 4.98 Å². The zero-order valence-electron chi connectivity index (χ0n) is 29.6. The number of rotatable bonds is 16. The van der Waals surface area contributed by atoms with Crippen molar-refractivity contribution in [1.29, 1.82) is 0 Å². The summed E-state index contributed by atoms with van der Waals surface area (Å²) in [4.78, 5) is 31.9. The lowest BCUT2D eigenvalue weighted by atomic mass is 9.83. The van der Waals surface area contributed by atoms with E-state index in [4.69, 9.17) is 9.72 Å². The van der Waals surface area contributed by atoms with Gasteiger partial charge in [0, 0.05) is 43.5 Å². The molecular weight excluding hydrogens is 655 g/mol. The molecule has 266 valence electrons. The van der Waals surface area contributed by atoms with E-state index in [9.17, 15) is 18.3 Å². The monoisotopic (exact) mass is 701 g/mol. The number of carbonyl (C=O) groups is 1. The van der Waals surface area contributed by atoms with E-state index in [0.717, 1.165) is 47.1 Å². The molecule has 1 aliphatic carbocycles. The molecule has 2 aromatic heterocycles. The molecule has 0 amide bonds. The third-order valence-electron chi connectivity index (χ3n) is 9.47. The van der Waals surface area contributed by atoms with Crippen LogP contribution in [0.1, 0.15) is 80.1 Å². The largest absolute Gasteiger partial charge is 0.478 e. The number of aromatic carboxylic acids is 1. The Kier molecular flexibility index (Phi) is 11.4. The maximum atomic E-state index is 13.4. The fourth-order valence-corrected chi connectivity index (χ4v) is 6.90. The van der Waals surface area contributed by atoms with Gasteiger partial charge < -0.3 is 20.1 Å². The average molecular weight is 702 g/mol. The highest BCUT2D eigenvalue weighted by molar-refractivity contribution is 7.92. The Balaban J connectivity index is 1.41. The van der Waals surface area contributed by atoms with Crippen LogP contribution < -0.4 is 19.7 Å². The molecule has 4 aromatic rings. The lowest BCUT2D eigenvalue weighted by Gasteiger charge is -2.35. The number of ether oxygens (including phenoxy) is 1. The van der Waals surface area contributed by atoms with Crippen molar-refractivity contribution in [3.05, 3.63) is 83.3 Å². The molecule has 1 fully saturated rings. The number of carboxylic acids is 1. The van der Waals surface area contributed by atoms with Crippen molar-refractivity contribution in [2.24, 2.45) is 5.41 Å². The zero-order valence-corrected chi connectivity index (χ0v) is 30.4. The molecule has 50 heavy (non-hydrogen) atoms. The van der Waals surface area contributed by atoms with Crippen LogP contribution in [0.5, 0.6) is 5.88 Å². The summed E-state index contributed by atoms with van der Waals surface area (Å²) in [6, 6.07) is 13.1. The number of nitrogens with one attached hydrogen (secondary N) is 2. The average Bonchev–Trinajstić information content (AvgIpc) is 3.05. The summed E-state index contributed by atoms with van der Waals surface area (Å²) in [5.41, 5.74) is 3.92. The molecule has 0 spiro atoms. The van der Waals surface area contributed by atoms with Crippen molar-refractivity contribution < 1.29 is 23.1 Å². The summed E-state index contributed by atoms with van der Waals surface area (Å²) in [5.74, 6) is -0.372. The van der Waals surface area contributed by atoms with Crippen LogP contribution in [0.25, 0.3) is 11.3 Å². The van der Waals surface area contributed by atoms with Gasteiger partial charge in [-0.1, -0.05) is 51.5 Å². The highest BCUT2D eigenvalue weighted by Crippen LogP contribution is 2.31. The van der Waals surface area contributed by atoms with Crippen molar-refractivity contribution in [1.82, 2.24) is 25.3 Å². The number of aromatic nitrogens is 4. The summed E-state index contributed by atoms with van der Waals surface area (Å²) in [6.07, 6.45) is 8.92. The van der Waals surface area contributed by atoms with Gasteiger partial charge in [-0.2, -0.15) is 4.98 Å². The Morgan fingerprint density at radius 2 is 1.78 bits per heavy atom. The maximum Gasteiger partial charge on any atom is 0.335 e. The van der Waals surface area contributed by atoms with Gasteiger partial charge in [0.05, 0.1) is 28.0 Å². The number of hydrogen-bond acceptors (Lipinski definition) is 10. The summed E-state index contributed by atoms with van der Waals surface area (Å²) < 4.78 is 35.6. The molecule has 1 saturated carbocycles. The molecule has 2 heterocycles. The number of sulfonamides is 1. The van der Waals surface area contributed by atoms with E-state index in [1.165, 1.54) is 37.5 Å². The van der Waals surface area contributed by atoms with Crippen LogP contribution in [-0.4, -0.2) is 65.2 Å². The molecule has 5 rings (SSSR count). The predicted octanol–water partition coefficient (Wildman–Crippen LogP) is 6.40. The van der Waals surface area contributed by atoms with Crippen LogP contribution in [0.2, 0.25) is 0 Å². The number of benzene rings is 2. The number of carboxylic acid groups (broad SMARTS) is 1. The second-order valence-corrected chi connectivity index (χ2v) is 15.5. The zero-order chi connectivity index (χ0) is 36.1. The Morgan fingerprint density at radius 3 is 2.44 bits per heavy atom.